The fourth-order valence-electron chi connectivity index (χ4n) is 2.88. The predicted octanol–water partition coefficient (Wildman–Crippen LogP) is -0.730. The number of hydrogen-bond acceptors (Lipinski definition) is 4. The van der Waals surface area contributed by atoms with Crippen molar-refractivity contribution in [3.8, 4) is 0 Å². The molecule has 0 spiro atoms. The Kier molecular flexibility index (Phi) is 6.40. The van der Waals surface area contributed by atoms with Gasteiger partial charge in [-0.1, -0.05) is 6.92 Å². The Morgan fingerprint density at radius 1 is 1.17 bits per heavy atom. The van der Waals surface area contributed by atoms with Crippen molar-refractivity contribution in [2.24, 2.45) is 0 Å². The number of nitrogens with one attached hydrogen (secondary N) is 2. The number of nitrogens with zero attached hydrogens (tertiary/aromatic N) is 1. The molecule has 1 aromatic carbocycles. The molecule has 0 aromatic heterocycles. The molecule has 1 saturated heterocycles. The molecular formula is C17H25N3O3. The number of anilines is 2. The van der Waals surface area contributed by atoms with Crippen molar-refractivity contribution in [2.75, 3.05) is 42.9 Å². The average molecular weight is 319 g/mol. The first-order valence-corrected chi connectivity index (χ1v) is 8.26. The van der Waals surface area contributed by atoms with Gasteiger partial charge in [-0.25, -0.2) is 0 Å². The predicted molar refractivity (Wildman–Crippen MR) is 87.4 cm³/mol. The molecule has 1 fully saturated rings. The van der Waals surface area contributed by atoms with E-state index >= 15 is 0 Å². The van der Waals surface area contributed by atoms with Crippen LogP contribution in [0.25, 0.3) is 0 Å². The molecule has 6 nitrogen and oxygen atoms in total. The van der Waals surface area contributed by atoms with Gasteiger partial charge in [0.05, 0.1) is 32.7 Å². The van der Waals surface area contributed by atoms with Gasteiger partial charge >= 0.3 is 0 Å². The Balaban J connectivity index is 1.83. The normalized spacial score (nSPS) is 15.4. The Morgan fingerprint density at radius 3 is 2.39 bits per heavy atom. The van der Waals surface area contributed by atoms with Gasteiger partial charge < -0.3 is 25.0 Å². The Bertz CT molecular complexity index is 522. The quantitative estimate of drug-likeness (QED) is 0.695. The highest BCUT2D eigenvalue weighted by atomic mass is 16.4. The molecule has 1 aromatic rings. The maximum Gasteiger partial charge on any atom is 0.224 e. The molecule has 126 valence electrons. The lowest BCUT2D eigenvalue weighted by Gasteiger charge is -2.33. The van der Waals surface area contributed by atoms with Crippen LogP contribution >= 0.6 is 0 Å². The van der Waals surface area contributed by atoms with E-state index in [1.165, 1.54) is 13.0 Å². The topological polar surface area (TPSA) is 76.9 Å². The summed E-state index contributed by atoms with van der Waals surface area (Å²) in [7, 11) is 0. The fourth-order valence-corrected chi connectivity index (χ4v) is 2.88. The minimum Gasteiger partial charge on any atom is -0.550 e. The molecule has 0 bridgehead atoms. The molecule has 6 heteroatoms. The molecule has 2 N–H and O–H groups in total. The third-order valence-electron chi connectivity index (χ3n) is 4.15. The van der Waals surface area contributed by atoms with Crippen molar-refractivity contribution < 1.29 is 19.6 Å². The van der Waals surface area contributed by atoms with E-state index in [9.17, 15) is 14.7 Å². The van der Waals surface area contributed by atoms with Gasteiger partial charge in [-0.05, 0) is 37.1 Å². The maximum atomic E-state index is 11.6. The van der Waals surface area contributed by atoms with E-state index in [0.717, 1.165) is 31.9 Å². The van der Waals surface area contributed by atoms with E-state index in [4.69, 9.17) is 0 Å². The monoisotopic (exact) mass is 319 g/mol. The van der Waals surface area contributed by atoms with Crippen LogP contribution < -0.4 is 20.2 Å². The second-order valence-corrected chi connectivity index (χ2v) is 5.95. The van der Waals surface area contributed by atoms with Crippen molar-refractivity contribution in [3.05, 3.63) is 24.3 Å². The van der Waals surface area contributed by atoms with Gasteiger partial charge in [-0.3, -0.25) is 4.79 Å². The van der Waals surface area contributed by atoms with Gasteiger partial charge in [-0.15, -0.1) is 0 Å². The number of carbonyl (C=O) groups excluding carboxylic acids is 2. The average Bonchev–Trinajstić information content (AvgIpc) is 2.55. The third-order valence-corrected chi connectivity index (χ3v) is 4.15. The summed E-state index contributed by atoms with van der Waals surface area (Å²) in [6, 6.07) is 7.72. The highest BCUT2D eigenvalue weighted by molar-refractivity contribution is 5.92. The second-order valence-electron chi connectivity index (χ2n) is 5.95. The van der Waals surface area contributed by atoms with E-state index < -0.39 is 5.97 Å². The molecule has 2 rings (SSSR count). The van der Waals surface area contributed by atoms with Crippen molar-refractivity contribution in [1.82, 2.24) is 0 Å². The number of rotatable bonds is 7. The molecule has 0 saturated carbocycles. The van der Waals surface area contributed by atoms with Crippen LogP contribution in [-0.2, 0) is 9.59 Å². The number of amides is 1. The summed E-state index contributed by atoms with van der Waals surface area (Å²) in [5.41, 5.74) is 1.85. The molecule has 1 amide bonds. The van der Waals surface area contributed by atoms with Crippen LogP contribution in [0.2, 0.25) is 0 Å². The van der Waals surface area contributed by atoms with E-state index in [1.54, 1.807) is 4.90 Å². The van der Waals surface area contributed by atoms with Gasteiger partial charge in [0.1, 0.15) is 0 Å². The first-order chi connectivity index (χ1) is 11.1. The van der Waals surface area contributed by atoms with Gasteiger partial charge in [0, 0.05) is 23.8 Å². The SMILES string of the molecule is CCC[NH+]1CCN(c2ccc(NC(=O)CCC(=O)[O-])cc2)CC1. The summed E-state index contributed by atoms with van der Waals surface area (Å²) in [6.07, 6.45) is 0.905. The third kappa shape index (κ3) is 5.56. The largest absolute Gasteiger partial charge is 0.550 e. The maximum absolute atomic E-state index is 11.6. The number of carboxylic acid groups (broad SMARTS) is 1. The number of piperazine rings is 1. The standard InChI is InChI=1S/C17H25N3O3/c1-2-9-19-10-12-20(13-11-19)15-5-3-14(4-6-15)18-16(21)7-8-17(22)23/h3-6H,2,7-13H2,1H3,(H,18,21)(H,22,23). The van der Waals surface area contributed by atoms with Crippen molar-refractivity contribution in [1.29, 1.82) is 0 Å². The summed E-state index contributed by atoms with van der Waals surface area (Å²) in [5.74, 6) is -1.52. The van der Waals surface area contributed by atoms with Crippen LogP contribution in [0.1, 0.15) is 26.2 Å². The number of hydrogen-bond donors (Lipinski definition) is 2. The van der Waals surface area contributed by atoms with E-state index in [-0.39, 0.29) is 18.7 Å². The highest BCUT2D eigenvalue weighted by Crippen LogP contribution is 2.18. The molecule has 1 aliphatic rings. The first kappa shape index (κ1) is 17.3. The number of quaternary nitrogens is 1. The van der Waals surface area contributed by atoms with Gasteiger partial charge in [0.15, 0.2) is 0 Å². The number of benzene rings is 1. The van der Waals surface area contributed by atoms with Gasteiger partial charge in [-0.2, -0.15) is 0 Å². The summed E-state index contributed by atoms with van der Waals surface area (Å²) in [5, 5.41) is 13.0. The van der Waals surface area contributed by atoms with Gasteiger partial charge in [0.2, 0.25) is 5.91 Å². The Morgan fingerprint density at radius 2 is 1.83 bits per heavy atom. The van der Waals surface area contributed by atoms with E-state index in [0.29, 0.717) is 5.69 Å². The van der Waals surface area contributed by atoms with E-state index in [2.05, 4.69) is 17.1 Å². The van der Waals surface area contributed by atoms with Crippen LogP contribution in [0, 0.1) is 0 Å². The molecule has 0 aliphatic carbocycles. The first-order valence-electron chi connectivity index (χ1n) is 8.26. The lowest BCUT2D eigenvalue weighted by atomic mass is 10.2. The fraction of sp³-hybridized carbons (Fsp3) is 0.529. The Hall–Kier alpha value is -2.08. The molecule has 1 aliphatic heterocycles. The Labute approximate surface area is 137 Å². The lowest BCUT2D eigenvalue weighted by molar-refractivity contribution is -0.900. The lowest BCUT2D eigenvalue weighted by Crippen LogP contribution is -3.14. The molecule has 0 radical (unpaired) electrons. The molecule has 23 heavy (non-hydrogen) atoms. The van der Waals surface area contributed by atoms with Gasteiger partial charge in [0.25, 0.3) is 0 Å². The minimum atomic E-state index is -1.21. The van der Waals surface area contributed by atoms with Crippen molar-refractivity contribution in [2.45, 2.75) is 26.2 Å². The summed E-state index contributed by atoms with van der Waals surface area (Å²) in [4.78, 5) is 26.0. The molecular weight excluding hydrogens is 294 g/mol. The molecule has 1 heterocycles. The zero-order valence-electron chi connectivity index (χ0n) is 13.6. The smallest absolute Gasteiger partial charge is 0.224 e. The number of carboxylic acids is 1. The second kappa shape index (κ2) is 8.53. The van der Waals surface area contributed by atoms with Crippen LogP contribution in [0.3, 0.4) is 0 Å². The summed E-state index contributed by atoms with van der Waals surface area (Å²) in [6.45, 7) is 7.88. The van der Waals surface area contributed by atoms with Crippen LogP contribution in [-0.4, -0.2) is 44.6 Å². The van der Waals surface area contributed by atoms with E-state index in [1.807, 2.05) is 24.3 Å². The highest BCUT2D eigenvalue weighted by Gasteiger charge is 2.19. The van der Waals surface area contributed by atoms with Crippen molar-refractivity contribution in [3.63, 3.8) is 0 Å². The summed E-state index contributed by atoms with van der Waals surface area (Å²) >= 11 is 0. The summed E-state index contributed by atoms with van der Waals surface area (Å²) < 4.78 is 0. The zero-order valence-corrected chi connectivity index (χ0v) is 13.6. The number of carbonyl (C=O) groups is 2. The van der Waals surface area contributed by atoms with Crippen molar-refractivity contribution >= 4 is 23.3 Å². The number of aliphatic carboxylic acids is 1. The molecule has 0 unspecified atom stereocenters. The molecule has 0 atom stereocenters. The van der Waals surface area contributed by atoms with Crippen LogP contribution in [0.15, 0.2) is 24.3 Å². The van der Waals surface area contributed by atoms with Crippen LogP contribution in [0.5, 0.6) is 0 Å². The van der Waals surface area contributed by atoms with Crippen LogP contribution in [0.4, 0.5) is 11.4 Å². The zero-order chi connectivity index (χ0) is 16.7. The minimum absolute atomic E-state index is 0.0632.